The van der Waals surface area contributed by atoms with Crippen LogP contribution in [0.2, 0.25) is 0 Å². The van der Waals surface area contributed by atoms with Gasteiger partial charge in [0.15, 0.2) is 0 Å². The Morgan fingerprint density at radius 2 is 2.00 bits per heavy atom. The third-order valence-corrected chi connectivity index (χ3v) is 4.92. The lowest BCUT2D eigenvalue weighted by atomic mass is 9.83. The van der Waals surface area contributed by atoms with E-state index in [9.17, 15) is 0 Å². The molecule has 106 valence electrons. The second kappa shape index (κ2) is 4.62. The van der Waals surface area contributed by atoms with Crippen LogP contribution in [0.3, 0.4) is 0 Å². The molecule has 2 nitrogen and oxygen atoms in total. The molecule has 0 spiro atoms. The minimum Gasteiger partial charge on any atom is -0.361 e. The number of hydrogen-bond acceptors (Lipinski definition) is 1. The monoisotopic (exact) mass is 296 g/mol. The molecule has 3 heteroatoms. The van der Waals surface area contributed by atoms with E-state index >= 15 is 0 Å². The molecule has 1 aliphatic heterocycles. The maximum atomic E-state index is 7.14. The molecular weight excluding hydrogens is 280 g/mol. The predicted molar refractivity (Wildman–Crippen MR) is 87.7 cm³/mol. The van der Waals surface area contributed by atoms with Crippen LogP contribution in [-0.4, -0.2) is 23.5 Å². The number of rotatable bonds is 1. The normalized spacial score (nSPS) is 22.4. The van der Waals surface area contributed by atoms with E-state index in [0.29, 0.717) is 0 Å². The maximum Gasteiger partial charge on any atom is 0.107 e. The molecule has 0 amide bonds. The quantitative estimate of drug-likeness (QED) is 0.670. The molecule has 21 heavy (non-hydrogen) atoms. The number of nitrogens with zero attached hydrogens (tertiary/aromatic N) is 1. The Morgan fingerprint density at radius 1 is 1.14 bits per heavy atom. The van der Waals surface area contributed by atoms with Crippen LogP contribution in [-0.2, 0) is 11.4 Å². The zero-order valence-corrected chi connectivity index (χ0v) is 12.7. The summed E-state index contributed by atoms with van der Waals surface area (Å²) in [5.74, 6) is 0. The summed E-state index contributed by atoms with van der Waals surface area (Å²) in [5.41, 5.74) is 4.86. The average Bonchev–Trinajstić information content (AvgIpc) is 2.94. The van der Waals surface area contributed by atoms with Gasteiger partial charge in [-0.05, 0) is 47.3 Å². The minimum absolute atomic E-state index is 0.477. The second-order valence-electron chi connectivity index (χ2n) is 5.91. The summed E-state index contributed by atoms with van der Waals surface area (Å²) in [5, 5.41) is 1.21. The first-order chi connectivity index (χ1) is 10.2. The standard InChI is InChI=1S/C18H17ClN2/c1-21-11-14-4-2-3-5-16(14)18(19,12-21)15-6-7-17-13(10-15)8-9-20-17/h2-10,20H,11-12H2,1H3. The number of alkyl halides is 1. The van der Waals surface area contributed by atoms with Crippen molar-refractivity contribution in [3.05, 3.63) is 71.4 Å². The van der Waals surface area contributed by atoms with Crippen LogP contribution in [0.5, 0.6) is 0 Å². The lowest BCUT2D eigenvalue weighted by Crippen LogP contribution is -2.41. The van der Waals surface area contributed by atoms with Crippen molar-refractivity contribution in [2.24, 2.45) is 0 Å². The highest BCUT2D eigenvalue weighted by atomic mass is 35.5. The number of benzene rings is 2. The van der Waals surface area contributed by atoms with Gasteiger partial charge >= 0.3 is 0 Å². The number of fused-ring (bicyclic) bond motifs is 2. The zero-order valence-electron chi connectivity index (χ0n) is 11.9. The van der Waals surface area contributed by atoms with Gasteiger partial charge in [-0.15, -0.1) is 11.6 Å². The summed E-state index contributed by atoms with van der Waals surface area (Å²) < 4.78 is 0. The molecule has 1 N–H and O–H groups in total. The van der Waals surface area contributed by atoms with Gasteiger partial charge in [0.25, 0.3) is 0 Å². The van der Waals surface area contributed by atoms with Crippen LogP contribution >= 0.6 is 11.6 Å². The molecule has 1 aliphatic rings. The number of H-pyrrole nitrogens is 1. The molecule has 0 aliphatic carbocycles. The van der Waals surface area contributed by atoms with E-state index in [1.807, 2.05) is 6.20 Å². The summed E-state index contributed by atoms with van der Waals surface area (Å²) in [6.07, 6.45) is 1.97. The van der Waals surface area contributed by atoms with E-state index < -0.39 is 4.87 Å². The first kappa shape index (κ1) is 12.9. The molecule has 0 saturated heterocycles. The fourth-order valence-electron chi connectivity index (χ4n) is 3.40. The number of hydrogen-bond donors (Lipinski definition) is 1. The lowest BCUT2D eigenvalue weighted by Gasteiger charge is -2.39. The first-order valence-corrected chi connectivity index (χ1v) is 7.58. The van der Waals surface area contributed by atoms with Crippen molar-refractivity contribution in [2.75, 3.05) is 13.6 Å². The zero-order chi connectivity index (χ0) is 14.4. The number of halogens is 1. The fraction of sp³-hybridized carbons (Fsp3) is 0.222. The van der Waals surface area contributed by atoms with Crippen molar-refractivity contribution in [1.29, 1.82) is 0 Å². The largest absolute Gasteiger partial charge is 0.361 e. The number of likely N-dealkylation sites (N-methyl/N-ethyl adjacent to an activating group) is 1. The molecule has 1 unspecified atom stereocenters. The summed E-state index contributed by atoms with van der Waals surface area (Å²) in [4.78, 5) is 5.05. The van der Waals surface area contributed by atoms with Crippen molar-refractivity contribution in [2.45, 2.75) is 11.4 Å². The highest BCUT2D eigenvalue weighted by Crippen LogP contribution is 2.43. The molecule has 2 aromatic carbocycles. The Bertz CT molecular complexity index is 808. The molecular formula is C18H17ClN2. The van der Waals surface area contributed by atoms with E-state index in [2.05, 4.69) is 65.5 Å². The minimum atomic E-state index is -0.477. The number of aromatic nitrogens is 1. The molecule has 1 aromatic heterocycles. The van der Waals surface area contributed by atoms with Crippen molar-refractivity contribution in [3.63, 3.8) is 0 Å². The van der Waals surface area contributed by atoms with Crippen molar-refractivity contribution in [3.8, 4) is 0 Å². The van der Waals surface area contributed by atoms with Gasteiger partial charge in [-0.2, -0.15) is 0 Å². The summed E-state index contributed by atoms with van der Waals surface area (Å²) in [7, 11) is 2.13. The van der Waals surface area contributed by atoms with Gasteiger partial charge < -0.3 is 4.98 Å². The van der Waals surface area contributed by atoms with Crippen LogP contribution in [0.4, 0.5) is 0 Å². The van der Waals surface area contributed by atoms with E-state index in [1.165, 1.54) is 16.5 Å². The fourth-order valence-corrected chi connectivity index (χ4v) is 3.90. The van der Waals surface area contributed by atoms with Gasteiger partial charge in [0.1, 0.15) is 4.87 Å². The Labute approximate surface area is 129 Å². The van der Waals surface area contributed by atoms with Gasteiger partial charge in [-0.1, -0.05) is 30.3 Å². The third kappa shape index (κ3) is 1.98. The van der Waals surface area contributed by atoms with E-state index in [1.54, 1.807) is 0 Å². The second-order valence-corrected chi connectivity index (χ2v) is 6.56. The highest BCUT2D eigenvalue weighted by molar-refractivity contribution is 6.26. The molecule has 0 radical (unpaired) electrons. The molecule has 1 atom stereocenters. The SMILES string of the molecule is CN1Cc2ccccc2C(Cl)(c2ccc3[nH]ccc3c2)C1. The Kier molecular flexibility index (Phi) is 2.84. The summed E-state index contributed by atoms with van der Waals surface area (Å²) in [6, 6.07) is 17.1. The van der Waals surface area contributed by atoms with Gasteiger partial charge in [-0.3, -0.25) is 4.90 Å². The average molecular weight is 297 g/mol. The van der Waals surface area contributed by atoms with E-state index in [4.69, 9.17) is 11.6 Å². The molecule has 0 bridgehead atoms. The van der Waals surface area contributed by atoms with Crippen molar-refractivity contribution >= 4 is 22.5 Å². The lowest BCUT2D eigenvalue weighted by molar-refractivity contribution is 0.279. The molecule has 4 rings (SSSR count). The highest BCUT2D eigenvalue weighted by Gasteiger charge is 2.38. The van der Waals surface area contributed by atoms with Crippen LogP contribution in [0.1, 0.15) is 16.7 Å². The molecule has 0 saturated carbocycles. The van der Waals surface area contributed by atoms with Gasteiger partial charge in [0.2, 0.25) is 0 Å². The van der Waals surface area contributed by atoms with Gasteiger partial charge in [0.05, 0.1) is 0 Å². The molecule has 0 fully saturated rings. The number of nitrogens with one attached hydrogen (secondary N) is 1. The number of aromatic amines is 1. The third-order valence-electron chi connectivity index (χ3n) is 4.38. The van der Waals surface area contributed by atoms with Gasteiger partial charge in [-0.25, -0.2) is 0 Å². The first-order valence-electron chi connectivity index (χ1n) is 7.20. The summed E-state index contributed by atoms with van der Waals surface area (Å²) in [6.45, 7) is 1.78. The smallest absolute Gasteiger partial charge is 0.107 e. The van der Waals surface area contributed by atoms with Crippen molar-refractivity contribution < 1.29 is 0 Å². The van der Waals surface area contributed by atoms with Crippen molar-refractivity contribution in [1.82, 2.24) is 9.88 Å². The Balaban J connectivity index is 1.92. The van der Waals surface area contributed by atoms with E-state index in [0.717, 1.165) is 24.2 Å². The van der Waals surface area contributed by atoms with Crippen LogP contribution in [0.15, 0.2) is 54.7 Å². The predicted octanol–water partition coefficient (Wildman–Crippen LogP) is 4.10. The molecule has 3 aromatic rings. The Hall–Kier alpha value is -1.77. The topological polar surface area (TPSA) is 19.0 Å². The van der Waals surface area contributed by atoms with Crippen LogP contribution in [0, 0.1) is 0 Å². The summed E-state index contributed by atoms with van der Waals surface area (Å²) >= 11 is 7.14. The maximum absolute atomic E-state index is 7.14. The van der Waals surface area contributed by atoms with Gasteiger partial charge in [0, 0.05) is 24.8 Å². The van der Waals surface area contributed by atoms with E-state index in [-0.39, 0.29) is 0 Å². The van der Waals surface area contributed by atoms with Crippen LogP contribution < -0.4 is 0 Å². The Morgan fingerprint density at radius 3 is 2.90 bits per heavy atom. The van der Waals surface area contributed by atoms with Crippen LogP contribution in [0.25, 0.3) is 10.9 Å². The molecule has 2 heterocycles.